The molecule has 2 aliphatic rings. The second-order valence-corrected chi connectivity index (χ2v) is 16.4. The summed E-state index contributed by atoms with van der Waals surface area (Å²) in [5.74, 6) is 0. The van der Waals surface area contributed by atoms with Crippen molar-refractivity contribution in [2.45, 2.75) is 5.41 Å². The molecule has 0 bridgehead atoms. The van der Waals surface area contributed by atoms with E-state index in [0.717, 1.165) is 56.1 Å². The first kappa shape index (κ1) is 34.7. The van der Waals surface area contributed by atoms with Crippen LogP contribution in [0.1, 0.15) is 22.3 Å². The average molecular weight is 791 g/mol. The number of fused-ring (bicyclic) bond motifs is 15. The zero-order valence-corrected chi connectivity index (χ0v) is 33.7. The quantitative estimate of drug-likeness (QED) is 0.167. The van der Waals surface area contributed by atoms with E-state index < -0.39 is 5.41 Å². The van der Waals surface area contributed by atoms with Crippen molar-refractivity contribution in [2.24, 2.45) is 0 Å². The second kappa shape index (κ2) is 13.4. The molecule has 3 heteroatoms. The third-order valence-corrected chi connectivity index (χ3v) is 13.2. The van der Waals surface area contributed by atoms with Crippen LogP contribution in [-0.4, -0.2) is 0 Å². The molecule has 1 heterocycles. The molecule has 290 valence electrons. The van der Waals surface area contributed by atoms with E-state index in [9.17, 15) is 0 Å². The van der Waals surface area contributed by atoms with Gasteiger partial charge in [-0.3, -0.25) is 0 Å². The molecule has 1 aromatic heterocycles. The van der Waals surface area contributed by atoms with Gasteiger partial charge < -0.3 is 14.2 Å². The van der Waals surface area contributed by atoms with Crippen LogP contribution in [0, 0.1) is 0 Å². The maximum Gasteiger partial charge on any atom is 0.137 e. The Morgan fingerprint density at radius 2 is 0.790 bits per heavy atom. The van der Waals surface area contributed by atoms with Crippen LogP contribution in [0.15, 0.2) is 235 Å². The lowest BCUT2D eigenvalue weighted by molar-refractivity contribution is 0.669. The van der Waals surface area contributed by atoms with E-state index in [-0.39, 0.29) is 0 Å². The Balaban J connectivity index is 1.13. The van der Waals surface area contributed by atoms with Gasteiger partial charge in [0, 0.05) is 50.5 Å². The molecule has 1 unspecified atom stereocenters. The number of hydrogen-bond acceptors (Lipinski definition) is 3. The summed E-state index contributed by atoms with van der Waals surface area (Å²) < 4.78 is 6.54. The predicted molar refractivity (Wildman–Crippen MR) is 257 cm³/mol. The molecule has 0 aliphatic heterocycles. The molecule has 0 saturated carbocycles. The SMILES string of the molecule is c1ccc(N(c2ccccc2)c2cccc3c2-c2ccccc2C32c3ccccc3-c3c2cc(N(c2ccccc2)c2ccc4c(c2)oc2ccccc24)c2ccccc32)cc1. The molecule has 0 amide bonds. The first-order valence-corrected chi connectivity index (χ1v) is 21.4. The van der Waals surface area contributed by atoms with Crippen molar-refractivity contribution < 1.29 is 4.42 Å². The molecule has 0 saturated heterocycles. The van der Waals surface area contributed by atoms with Gasteiger partial charge in [-0.1, -0.05) is 158 Å². The highest BCUT2D eigenvalue weighted by Gasteiger charge is 2.53. The average Bonchev–Trinajstić information content (AvgIpc) is 3.97. The maximum absolute atomic E-state index is 6.54. The van der Waals surface area contributed by atoms with Gasteiger partial charge in [-0.05, 0) is 111 Å². The number of anilines is 6. The van der Waals surface area contributed by atoms with E-state index in [1.807, 2.05) is 6.07 Å². The van der Waals surface area contributed by atoms with E-state index in [2.05, 4.69) is 234 Å². The van der Waals surface area contributed by atoms with E-state index in [1.54, 1.807) is 0 Å². The third-order valence-electron chi connectivity index (χ3n) is 13.2. The first-order valence-electron chi connectivity index (χ1n) is 21.4. The van der Waals surface area contributed by atoms with E-state index >= 15 is 0 Å². The Morgan fingerprint density at radius 3 is 1.45 bits per heavy atom. The lowest BCUT2D eigenvalue weighted by Crippen LogP contribution is -2.26. The van der Waals surface area contributed by atoms with Crippen molar-refractivity contribution in [1.82, 2.24) is 0 Å². The minimum Gasteiger partial charge on any atom is -0.456 e. The Bertz CT molecular complexity index is 3500. The van der Waals surface area contributed by atoms with Crippen molar-refractivity contribution in [3.05, 3.63) is 253 Å². The smallest absolute Gasteiger partial charge is 0.137 e. The first-order chi connectivity index (χ1) is 30.8. The fourth-order valence-electron chi connectivity index (χ4n) is 10.8. The van der Waals surface area contributed by atoms with E-state index in [1.165, 1.54) is 55.3 Å². The van der Waals surface area contributed by atoms with Gasteiger partial charge in [0.15, 0.2) is 0 Å². The summed E-state index contributed by atoms with van der Waals surface area (Å²) in [5.41, 5.74) is 18.0. The minimum absolute atomic E-state index is 0.600. The molecule has 1 spiro atoms. The Kier molecular flexibility index (Phi) is 7.52. The second-order valence-electron chi connectivity index (χ2n) is 16.4. The molecule has 0 fully saturated rings. The number of benzene rings is 10. The molecular weight excluding hydrogens is 753 g/mol. The molecule has 3 nitrogen and oxygen atoms in total. The monoisotopic (exact) mass is 790 g/mol. The number of furan rings is 1. The number of nitrogens with zero attached hydrogens (tertiary/aromatic N) is 2. The summed E-state index contributed by atoms with van der Waals surface area (Å²) in [6, 6.07) is 84.0. The van der Waals surface area contributed by atoms with E-state index in [4.69, 9.17) is 4.42 Å². The molecule has 2 aliphatic carbocycles. The van der Waals surface area contributed by atoms with E-state index in [0.29, 0.717) is 0 Å². The molecule has 11 aromatic rings. The topological polar surface area (TPSA) is 19.6 Å². The third kappa shape index (κ3) is 4.82. The number of rotatable bonds is 6. The van der Waals surface area contributed by atoms with Crippen LogP contribution in [0.2, 0.25) is 0 Å². The summed E-state index contributed by atoms with van der Waals surface area (Å²) in [4.78, 5) is 4.85. The van der Waals surface area contributed by atoms with Crippen molar-refractivity contribution in [3.63, 3.8) is 0 Å². The molecule has 0 N–H and O–H groups in total. The van der Waals surface area contributed by atoms with Crippen LogP contribution in [-0.2, 0) is 5.41 Å². The lowest BCUT2D eigenvalue weighted by atomic mass is 9.70. The van der Waals surface area contributed by atoms with Gasteiger partial charge in [-0.25, -0.2) is 0 Å². The predicted octanol–water partition coefficient (Wildman–Crippen LogP) is 16.0. The largest absolute Gasteiger partial charge is 0.456 e. The standard InChI is InChI=1S/C59H38N2O/c1-4-19-39(20-5-1)60(40-21-6-2-7-22-40)53-33-18-32-51-58(53)48-29-13-16-31-50(48)59(51)49-30-15-12-28-47(49)57-46-27-11-10-25-43(46)54(38-52(57)59)61(41-23-8-3-9-24-41)42-35-36-45-44-26-14-17-34-55(44)62-56(45)37-42/h1-38H. The normalized spacial score (nSPS) is 14.5. The van der Waals surface area contributed by atoms with Gasteiger partial charge in [0.25, 0.3) is 0 Å². The fraction of sp³-hybridized carbons (Fsp3) is 0.0169. The summed E-state index contributed by atoms with van der Waals surface area (Å²) in [6.45, 7) is 0. The van der Waals surface area contributed by atoms with Crippen molar-refractivity contribution in [2.75, 3.05) is 9.80 Å². The molecule has 1 atom stereocenters. The van der Waals surface area contributed by atoms with Gasteiger partial charge in [0.1, 0.15) is 11.2 Å². The lowest BCUT2D eigenvalue weighted by Gasteiger charge is -2.33. The molecule has 0 radical (unpaired) electrons. The summed E-state index contributed by atoms with van der Waals surface area (Å²) in [5, 5.41) is 4.65. The minimum atomic E-state index is -0.600. The van der Waals surface area contributed by atoms with Gasteiger partial charge >= 0.3 is 0 Å². The van der Waals surface area contributed by atoms with Crippen molar-refractivity contribution in [3.8, 4) is 22.3 Å². The van der Waals surface area contributed by atoms with Crippen LogP contribution >= 0.6 is 0 Å². The summed E-state index contributed by atoms with van der Waals surface area (Å²) >= 11 is 0. The number of hydrogen-bond donors (Lipinski definition) is 0. The highest BCUT2D eigenvalue weighted by Crippen LogP contribution is 2.66. The Labute approximate surface area is 360 Å². The highest BCUT2D eigenvalue weighted by molar-refractivity contribution is 6.13. The fourth-order valence-corrected chi connectivity index (χ4v) is 10.8. The highest BCUT2D eigenvalue weighted by atomic mass is 16.3. The molecule has 62 heavy (non-hydrogen) atoms. The van der Waals surface area contributed by atoms with Crippen LogP contribution in [0.5, 0.6) is 0 Å². The van der Waals surface area contributed by atoms with Crippen LogP contribution < -0.4 is 9.80 Å². The van der Waals surface area contributed by atoms with Gasteiger partial charge in [0.2, 0.25) is 0 Å². The zero-order valence-electron chi connectivity index (χ0n) is 33.7. The molecule has 10 aromatic carbocycles. The van der Waals surface area contributed by atoms with Crippen LogP contribution in [0.25, 0.3) is 55.0 Å². The summed E-state index contributed by atoms with van der Waals surface area (Å²) in [7, 11) is 0. The van der Waals surface area contributed by atoms with Gasteiger partial charge in [-0.15, -0.1) is 0 Å². The Morgan fingerprint density at radius 1 is 0.290 bits per heavy atom. The molecular formula is C59H38N2O. The Hall–Kier alpha value is -8.14. The maximum atomic E-state index is 6.54. The van der Waals surface area contributed by atoms with Crippen molar-refractivity contribution >= 4 is 66.8 Å². The summed E-state index contributed by atoms with van der Waals surface area (Å²) in [6.07, 6.45) is 0. The molecule has 13 rings (SSSR count). The van der Waals surface area contributed by atoms with Gasteiger partial charge in [0.05, 0.1) is 16.8 Å². The number of para-hydroxylation sites is 4. The zero-order chi connectivity index (χ0) is 40.8. The van der Waals surface area contributed by atoms with Gasteiger partial charge in [-0.2, -0.15) is 0 Å². The van der Waals surface area contributed by atoms with Crippen molar-refractivity contribution in [1.29, 1.82) is 0 Å². The van der Waals surface area contributed by atoms with Crippen LogP contribution in [0.3, 0.4) is 0 Å². The van der Waals surface area contributed by atoms with Crippen LogP contribution in [0.4, 0.5) is 34.1 Å².